The largest absolute Gasteiger partial charge is 0.383 e. The van der Waals surface area contributed by atoms with Crippen LogP contribution in [0.25, 0.3) is 0 Å². The number of hydrogen-bond acceptors (Lipinski definition) is 3. The van der Waals surface area contributed by atoms with Crippen molar-refractivity contribution in [1.82, 2.24) is 0 Å². The number of anilines is 1. The third-order valence-electron chi connectivity index (χ3n) is 3.31. The van der Waals surface area contributed by atoms with Crippen LogP contribution in [0.15, 0.2) is 18.2 Å². The Labute approximate surface area is 108 Å². The zero-order valence-corrected chi connectivity index (χ0v) is 11.0. The SMILES string of the molecule is COCCN(c1ccc(F)cc1C(C)N)C1CC1. The van der Waals surface area contributed by atoms with Crippen molar-refractivity contribution in [3.8, 4) is 0 Å². The molecule has 0 bridgehead atoms. The summed E-state index contributed by atoms with van der Waals surface area (Å²) in [6.45, 7) is 3.39. The summed E-state index contributed by atoms with van der Waals surface area (Å²) in [4.78, 5) is 2.29. The Hall–Kier alpha value is -1.13. The predicted octanol–water partition coefficient (Wildman–Crippen LogP) is 2.46. The van der Waals surface area contributed by atoms with Crippen molar-refractivity contribution in [2.24, 2.45) is 5.73 Å². The average molecular weight is 252 g/mol. The molecular weight excluding hydrogens is 231 g/mol. The fraction of sp³-hybridized carbons (Fsp3) is 0.571. The minimum Gasteiger partial charge on any atom is -0.383 e. The molecule has 0 radical (unpaired) electrons. The lowest BCUT2D eigenvalue weighted by molar-refractivity contribution is 0.205. The lowest BCUT2D eigenvalue weighted by atomic mass is 10.1. The van der Waals surface area contributed by atoms with Crippen molar-refractivity contribution in [1.29, 1.82) is 0 Å². The van der Waals surface area contributed by atoms with Gasteiger partial charge in [0.1, 0.15) is 5.82 Å². The number of nitrogens with two attached hydrogens (primary N) is 1. The first-order chi connectivity index (χ1) is 8.63. The summed E-state index contributed by atoms with van der Waals surface area (Å²) in [5.41, 5.74) is 7.87. The van der Waals surface area contributed by atoms with Crippen molar-refractivity contribution < 1.29 is 9.13 Å². The van der Waals surface area contributed by atoms with Crippen LogP contribution in [0.5, 0.6) is 0 Å². The quantitative estimate of drug-likeness (QED) is 0.845. The Kier molecular flexibility index (Phi) is 4.19. The van der Waals surface area contributed by atoms with Crippen LogP contribution in [0.3, 0.4) is 0 Å². The van der Waals surface area contributed by atoms with Crippen molar-refractivity contribution in [2.45, 2.75) is 31.8 Å². The van der Waals surface area contributed by atoms with Gasteiger partial charge in [0.25, 0.3) is 0 Å². The third kappa shape index (κ3) is 3.00. The lowest BCUT2D eigenvalue weighted by Gasteiger charge is -2.28. The van der Waals surface area contributed by atoms with Crippen LogP contribution in [0.1, 0.15) is 31.4 Å². The van der Waals surface area contributed by atoms with E-state index in [2.05, 4.69) is 4.90 Å². The third-order valence-corrected chi connectivity index (χ3v) is 3.31. The molecule has 0 spiro atoms. The number of nitrogens with zero attached hydrogens (tertiary/aromatic N) is 1. The average Bonchev–Trinajstić information content (AvgIpc) is 3.15. The van der Waals surface area contributed by atoms with Gasteiger partial charge in [0.05, 0.1) is 6.61 Å². The highest BCUT2D eigenvalue weighted by Gasteiger charge is 2.30. The molecule has 0 aromatic heterocycles. The first-order valence-electron chi connectivity index (χ1n) is 6.44. The van der Waals surface area contributed by atoms with Gasteiger partial charge < -0.3 is 15.4 Å². The lowest BCUT2D eigenvalue weighted by Crippen LogP contribution is -2.31. The maximum Gasteiger partial charge on any atom is 0.123 e. The molecule has 0 heterocycles. The summed E-state index contributed by atoms with van der Waals surface area (Å²) in [5.74, 6) is -0.228. The molecule has 0 aliphatic heterocycles. The highest BCUT2D eigenvalue weighted by molar-refractivity contribution is 5.56. The van der Waals surface area contributed by atoms with E-state index < -0.39 is 0 Å². The zero-order valence-electron chi connectivity index (χ0n) is 11.0. The standard InChI is InChI=1S/C14H21FN2O/c1-10(16)13-9-11(15)3-6-14(13)17(7-8-18-2)12-4-5-12/h3,6,9-10,12H,4-5,7-8,16H2,1-2H3. The van der Waals surface area contributed by atoms with Gasteiger partial charge in [-0.05, 0) is 43.5 Å². The van der Waals surface area contributed by atoms with E-state index in [9.17, 15) is 4.39 Å². The molecule has 2 rings (SSSR count). The fourth-order valence-electron chi connectivity index (χ4n) is 2.23. The molecular formula is C14H21FN2O. The molecule has 1 unspecified atom stereocenters. The number of methoxy groups -OCH3 is 1. The summed E-state index contributed by atoms with van der Waals surface area (Å²) < 4.78 is 18.5. The van der Waals surface area contributed by atoms with E-state index in [0.29, 0.717) is 12.6 Å². The van der Waals surface area contributed by atoms with Gasteiger partial charge in [-0.2, -0.15) is 0 Å². The van der Waals surface area contributed by atoms with Crippen molar-refractivity contribution in [3.05, 3.63) is 29.6 Å². The first kappa shape index (κ1) is 13.3. The van der Waals surface area contributed by atoms with Crippen LogP contribution in [0, 0.1) is 5.82 Å². The maximum absolute atomic E-state index is 13.3. The molecule has 100 valence electrons. The molecule has 2 N–H and O–H groups in total. The van der Waals surface area contributed by atoms with Gasteiger partial charge in [-0.25, -0.2) is 4.39 Å². The minimum absolute atomic E-state index is 0.167. The summed E-state index contributed by atoms with van der Waals surface area (Å²) >= 11 is 0. The number of ether oxygens (including phenoxy) is 1. The Morgan fingerprint density at radius 1 is 1.50 bits per heavy atom. The normalized spacial score (nSPS) is 16.7. The fourth-order valence-corrected chi connectivity index (χ4v) is 2.23. The molecule has 1 saturated carbocycles. The van der Waals surface area contributed by atoms with E-state index in [0.717, 1.165) is 17.8 Å². The highest BCUT2D eigenvalue weighted by atomic mass is 19.1. The number of hydrogen-bond donors (Lipinski definition) is 1. The molecule has 1 aliphatic carbocycles. The highest BCUT2D eigenvalue weighted by Crippen LogP contribution is 2.35. The molecule has 1 aliphatic rings. The Bertz CT molecular complexity index is 405. The van der Waals surface area contributed by atoms with Crippen LogP contribution in [-0.4, -0.2) is 26.3 Å². The van der Waals surface area contributed by atoms with Gasteiger partial charge in [-0.3, -0.25) is 0 Å². The van der Waals surface area contributed by atoms with Crippen LogP contribution in [-0.2, 0) is 4.74 Å². The Morgan fingerprint density at radius 2 is 2.22 bits per heavy atom. The van der Waals surface area contributed by atoms with E-state index in [1.165, 1.54) is 18.9 Å². The zero-order chi connectivity index (χ0) is 13.1. The molecule has 1 aromatic rings. The van der Waals surface area contributed by atoms with Crippen LogP contribution < -0.4 is 10.6 Å². The topological polar surface area (TPSA) is 38.5 Å². The van der Waals surface area contributed by atoms with Gasteiger partial charge in [0.15, 0.2) is 0 Å². The summed E-state index contributed by atoms with van der Waals surface area (Å²) in [7, 11) is 1.70. The smallest absolute Gasteiger partial charge is 0.123 e. The maximum atomic E-state index is 13.3. The van der Waals surface area contributed by atoms with E-state index >= 15 is 0 Å². The van der Waals surface area contributed by atoms with Crippen LogP contribution in [0.2, 0.25) is 0 Å². The van der Waals surface area contributed by atoms with Gasteiger partial charge in [-0.1, -0.05) is 0 Å². The molecule has 3 nitrogen and oxygen atoms in total. The van der Waals surface area contributed by atoms with Crippen LogP contribution >= 0.6 is 0 Å². The molecule has 0 amide bonds. The van der Waals surface area contributed by atoms with E-state index in [-0.39, 0.29) is 11.9 Å². The molecule has 1 aromatic carbocycles. The van der Waals surface area contributed by atoms with Crippen molar-refractivity contribution in [2.75, 3.05) is 25.2 Å². The summed E-state index contributed by atoms with van der Waals surface area (Å²) in [6.07, 6.45) is 2.39. The second kappa shape index (κ2) is 5.67. The minimum atomic E-state index is -0.228. The first-order valence-corrected chi connectivity index (χ1v) is 6.44. The van der Waals surface area contributed by atoms with Gasteiger partial charge in [0, 0.05) is 31.4 Å². The molecule has 4 heteroatoms. The van der Waals surface area contributed by atoms with E-state index in [4.69, 9.17) is 10.5 Å². The number of halogens is 1. The number of rotatable bonds is 6. The van der Waals surface area contributed by atoms with Gasteiger partial charge >= 0.3 is 0 Å². The number of benzene rings is 1. The van der Waals surface area contributed by atoms with E-state index in [1.54, 1.807) is 13.2 Å². The Balaban J connectivity index is 2.28. The van der Waals surface area contributed by atoms with Crippen molar-refractivity contribution >= 4 is 5.69 Å². The van der Waals surface area contributed by atoms with E-state index in [1.807, 2.05) is 13.0 Å². The second-order valence-electron chi connectivity index (χ2n) is 4.91. The van der Waals surface area contributed by atoms with Crippen molar-refractivity contribution in [3.63, 3.8) is 0 Å². The molecule has 18 heavy (non-hydrogen) atoms. The van der Waals surface area contributed by atoms with Gasteiger partial charge in [0.2, 0.25) is 0 Å². The van der Waals surface area contributed by atoms with Crippen LogP contribution in [0.4, 0.5) is 10.1 Å². The summed E-state index contributed by atoms with van der Waals surface area (Å²) in [6, 6.07) is 5.27. The Morgan fingerprint density at radius 3 is 2.78 bits per heavy atom. The summed E-state index contributed by atoms with van der Waals surface area (Å²) in [5, 5.41) is 0. The molecule has 1 fully saturated rings. The molecule has 0 saturated heterocycles. The van der Waals surface area contributed by atoms with Gasteiger partial charge in [-0.15, -0.1) is 0 Å². The second-order valence-corrected chi connectivity index (χ2v) is 4.91. The predicted molar refractivity (Wildman–Crippen MR) is 71.2 cm³/mol. The molecule has 1 atom stereocenters. The monoisotopic (exact) mass is 252 g/mol.